The van der Waals surface area contributed by atoms with Gasteiger partial charge in [0, 0.05) is 32.7 Å². The van der Waals surface area contributed by atoms with Crippen LogP contribution >= 0.6 is 0 Å². The number of aliphatic hydroxyl groups is 1. The second kappa shape index (κ2) is 10.6. The summed E-state index contributed by atoms with van der Waals surface area (Å²) in [5.41, 5.74) is 0. The summed E-state index contributed by atoms with van der Waals surface area (Å²) in [7, 11) is 0. The molecule has 164 valence electrons. The van der Waals surface area contributed by atoms with Gasteiger partial charge in [-0.3, -0.25) is 9.89 Å². The van der Waals surface area contributed by atoms with Crippen LogP contribution < -0.4 is 10.1 Å². The number of guanidine groups is 1. The highest BCUT2D eigenvalue weighted by molar-refractivity contribution is 5.80. The Morgan fingerprint density at radius 2 is 1.83 bits per heavy atom. The summed E-state index contributed by atoms with van der Waals surface area (Å²) in [5, 5.41) is 13.2. The molecule has 2 unspecified atom stereocenters. The molecule has 0 amide bonds. The van der Waals surface area contributed by atoms with Crippen molar-refractivity contribution < 1.29 is 27.4 Å². The van der Waals surface area contributed by atoms with Gasteiger partial charge in [0.15, 0.2) is 5.96 Å². The number of hydrogen-bond acceptors (Lipinski definition) is 4. The van der Waals surface area contributed by atoms with Crippen LogP contribution in [0.15, 0.2) is 29.3 Å². The summed E-state index contributed by atoms with van der Waals surface area (Å²) in [4.78, 5) is 7.68. The monoisotopic (exact) mass is 420 g/mol. The van der Waals surface area contributed by atoms with Gasteiger partial charge in [-0.25, -0.2) is 4.39 Å². The zero-order valence-electron chi connectivity index (χ0n) is 16.6. The number of rotatable bonds is 7. The highest BCUT2D eigenvalue weighted by Gasteiger charge is 2.41. The maximum Gasteiger partial charge on any atom is 0.403 e. The number of halogens is 4. The van der Waals surface area contributed by atoms with Crippen molar-refractivity contribution in [3.05, 3.63) is 30.1 Å². The van der Waals surface area contributed by atoms with Crippen LogP contribution in [0, 0.1) is 5.82 Å². The number of hydrogen-bond donors (Lipinski definition) is 2. The summed E-state index contributed by atoms with van der Waals surface area (Å²) in [5.74, 6) is 0.617. The van der Waals surface area contributed by atoms with Gasteiger partial charge in [0.1, 0.15) is 30.3 Å². The number of benzene rings is 1. The Balaban J connectivity index is 1.85. The van der Waals surface area contributed by atoms with E-state index in [9.17, 15) is 22.7 Å². The standard InChI is InChI=1S/C19H28F4N4O2/c1-3-24-18(27-10-8-26(9-11-27)14(2)19(21,22)23)25-12-16(28)13-29-17-6-4-15(20)5-7-17/h4-7,14,16,28H,3,8-13H2,1-2H3,(H,24,25). The van der Waals surface area contributed by atoms with E-state index in [0.29, 0.717) is 31.3 Å². The molecule has 1 fully saturated rings. The van der Waals surface area contributed by atoms with Crippen LogP contribution in [0.5, 0.6) is 5.75 Å². The highest BCUT2D eigenvalue weighted by atomic mass is 19.4. The molecule has 2 N–H and O–H groups in total. The lowest BCUT2D eigenvalue weighted by Crippen LogP contribution is -2.56. The number of piperazine rings is 1. The van der Waals surface area contributed by atoms with E-state index in [1.165, 1.54) is 36.1 Å². The number of ether oxygens (including phenoxy) is 1. The molecule has 0 aromatic heterocycles. The second-order valence-electron chi connectivity index (χ2n) is 6.85. The van der Waals surface area contributed by atoms with E-state index in [1.54, 1.807) is 0 Å². The molecular formula is C19H28F4N4O2. The van der Waals surface area contributed by atoms with Gasteiger partial charge in [-0.1, -0.05) is 0 Å². The summed E-state index contributed by atoms with van der Waals surface area (Å²) in [6, 6.07) is 3.99. The van der Waals surface area contributed by atoms with Crippen LogP contribution in [0.2, 0.25) is 0 Å². The van der Waals surface area contributed by atoms with Crippen molar-refractivity contribution in [2.75, 3.05) is 45.9 Å². The number of nitrogens with one attached hydrogen (secondary N) is 1. The van der Waals surface area contributed by atoms with Crippen LogP contribution in [0.1, 0.15) is 13.8 Å². The first-order valence-electron chi connectivity index (χ1n) is 9.61. The molecule has 2 rings (SSSR count). The molecule has 1 heterocycles. The van der Waals surface area contributed by atoms with Gasteiger partial charge in [-0.15, -0.1) is 0 Å². The molecular weight excluding hydrogens is 392 g/mol. The van der Waals surface area contributed by atoms with Crippen molar-refractivity contribution >= 4 is 5.96 Å². The minimum Gasteiger partial charge on any atom is -0.491 e. The summed E-state index contributed by atoms with van der Waals surface area (Å²) >= 11 is 0. The molecule has 29 heavy (non-hydrogen) atoms. The van der Waals surface area contributed by atoms with Crippen molar-refractivity contribution in [2.45, 2.75) is 32.2 Å². The predicted octanol–water partition coefficient (Wildman–Crippen LogP) is 2.10. The molecule has 0 bridgehead atoms. The predicted molar refractivity (Wildman–Crippen MR) is 103 cm³/mol. The van der Waals surface area contributed by atoms with Crippen LogP contribution in [0.3, 0.4) is 0 Å². The van der Waals surface area contributed by atoms with E-state index in [4.69, 9.17) is 4.74 Å². The lowest BCUT2D eigenvalue weighted by Gasteiger charge is -2.39. The Kier molecular flexibility index (Phi) is 8.51. The molecule has 0 saturated carbocycles. The van der Waals surface area contributed by atoms with E-state index < -0.39 is 18.3 Å². The zero-order valence-corrected chi connectivity index (χ0v) is 16.6. The van der Waals surface area contributed by atoms with Crippen molar-refractivity contribution in [1.82, 2.24) is 15.1 Å². The molecule has 1 saturated heterocycles. The van der Waals surface area contributed by atoms with E-state index in [2.05, 4.69) is 10.3 Å². The van der Waals surface area contributed by atoms with Gasteiger partial charge >= 0.3 is 6.18 Å². The van der Waals surface area contributed by atoms with Crippen molar-refractivity contribution in [3.63, 3.8) is 0 Å². The number of alkyl halides is 3. The van der Waals surface area contributed by atoms with E-state index in [0.717, 1.165) is 0 Å². The quantitative estimate of drug-likeness (QED) is 0.402. The fourth-order valence-corrected chi connectivity index (χ4v) is 2.92. The van der Waals surface area contributed by atoms with Crippen LogP contribution in [-0.4, -0.2) is 85.1 Å². The fourth-order valence-electron chi connectivity index (χ4n) is 2.92. The zero-order chi connectivity index (χ0) is 21.4. The summed E-state index contributed by atoms with van der Waals surface area (Å²) < 4.78 is 56.9. The Hall–Kier alpha value is -2.07. The van der Waals surface area contributed by atoms with Gasteiger partial charge in [-0.05, 0) is 38.1 Å². The molecule has 1 aromatic rings. The molecule has 10 heteroatoms. The van der Waals surface area contributed by atoms with Gasteiger partial charge < -0.3 is 20.1 Å². The smallest absolute Gasteiger partial charge is 0.403 e. The maximum atomic E-state index is 12.9. The number of aliphatic imine (C=N–C) groups is 1. The van der Waals surface area contributed by atoms with E-state index >= 15 is 0 Å². The third kappa shape index (κ3) is 7.36. The van der Waals surface area contributed by atoms with Crippen molar-refractivity contribution in [3.8, 4) is 5.75 Å². The minimum atomic E-state index is -4.24. The lowest BCUT2D eigenvalue weighted by atomic mass is 10.2. The number of aliphatic hydroxyl groups excluding tert-OH is 1. The molecule has 1 aliphatic heterocycles. The summed E-state index contributed by atoms with van der Waals surface area (Å²) in [6.07, 6.45) is -5.12. The van der Waals surface area contributed by atoms with Gasteiger partial charge in [0.05, 0.1) is 6.54 Å². The Morgan fingerprint density at radius 1 is 1.21 bits per heavy atom. The van der Waals surface area contributed by atoms with Crippen molar-refractivity contribution in [2.24, 2.45) is 4.99 Å². The third-order valence-corrected chi connectivity index (χ3v) is 4.68. The first-order valence-corrected chi connectivity index (χ1v) is 9.61. The first kappa shape index (κ1) is 23.2. The van der Waals surface area contributed by atoms with Crippen LogP contribution in [0.4, 0.5) is 17.6 Å². The molecule has 1 aromatic carbocycles. The Morgan fingerprint density at radius 3 is 2.38 bits per heavy atom. The lowest BCUT2D eigenvalue weighted by molar-refractivity contribution is -0.181. The second-order valence-corrected chi connectivity index (χ2v) is 6.85. The third-order valence-electron chi connectivity index (χ3n) is 4.68. The Bertz CT molecular complexity index is 647. The van der Waals surface area contributed by atoms with Crippen LogP contribution in [0.25, 0.3) is 0 Å². The SMILES string of the molecule is CCNC(=NCC(O)COc1ccc(F)cc1)N1CCN(C(C)C(F)(F)F)CC1. The topological polar surface area (TPSA) is 60.3 Å². The largest absolute Gasteiger partial charge is 0.491 e. The van der Waals surface area contributed by atoms with E-state index in [-0.39, 0.29) is 32.1 Å². The molecule has 0 aliphatic carbocycles. The molecule has 0 radical (unpaired) electrons. The molecule has 2 atom stereocenters. The molecule has 0 spiro atoms. The van der Waals surface area contributed by atoms with Gasteiger partial charge in [0.2, 0.25) is 0 Å². The normalized spacial score (nSPS) is 18.4. The van der Waals surface area contributed by atoms with E-state index in [1.807, 2.05) is 11.8 Å². The molecule has 1 aliphatic rings. The number of nitrogens with zero attached hydrogens (tertiary/aromatic N) is 3. The van der Waals surface area contributed by atoms with Gasteiger partial charge in [-0.2, -0.15) is 13.2 Å². The average Bonchev–Trinajstić information content (AvgIpc) is 2.69. The van der Waals surface area contributed by atoms with Crippen molar-refractivity contribution in [1.29, 1.82) is 0 Å². The maximum absolute atomic E-state index is 12.9. The Labute approximate surface area is 168 Å². The molecule has 6 nitrogen and oxygen atoms in total. The van der Waals surface area contributed by atoms with Crippen LogP contribution in [-0.2, 0) is 0 Å². The average molecular weight is 420 g/mol. The highest BCUT2D eigenvalue weighted by Crippen LogP contribution is 2.25. The fraction of sp³-hybridized carbons (Fsp3) is 0.632. The van der Waals surface area contributed by atoms with Gasteiger partial charge in [0.25, 0.3) is 0 Å². The first-order chi connectivity index (χ1) is 13.7. The minimum absolute atomic E-state index is 0.00852. The summed E-state index contributed by atoms with van der Waals surface area (Å²) in [6.45, 7) is 5.11.